The molecule has 0 aromatic heterocycles. The van der Waals surface area contributed by atoms with Gasteiger partial charge in [-0.15, -0.1) is 0 Å². The van der Waals surface area contributed by atoms with Crippen molar-refractivity contribution in [3.8, 4) is 0 Å². The van der Waals surface area contributed by atoms with Crippen LogP contribution in [0.5, 0.6) is 0 Å². The van der Waals surface area contributed by atoms with Crippen molar-refractivity contribution in [2.24, 2.45) is 29.1 Å². The summed E-state index contributed by atoms with van der Waals surface area (Å²) in [5.41, 5.74) is -0.627. The van der Waals surface area contributed by atoms with Crippen LogP contribution < -0.4 is 0 Å². The Kier molecular flexibility index (Phi) is 11.3. The minimum atomic E-state index is -0.627. The van der Waals surface area contributed by atoms with E-state index in [1.807, 2.05) is 0 Å². The number of esters is 1. The standard InChI is InChI=1S/C31H54N4O7/c1-23-3-4-24-25(22-34-7-5-32(6-8-34)13-17-40-19-15-36)30(39)42-29(24)31(2)27(38)21-26(28(23)31)35-11-9-33(10-12-35)14-18-41-20-16-37/h23-26,28-29,36-37H,3-22H2,1-2H3/t23-,24-,25?,26?,28+,29+,31+/m0/s1. The van der Waals surface area contributed by atoms with Crippen molar-refractivity contribution >= 4 is 11.8 Å². The number of Topliss-reactive ketones (excluding diaryl/α,β-unsaturated/α-hetero) is 1. The Morgan fingerprint density at radius 3 is 2.00 bits per heavy atom. The number of piperazine rings is 2. The van der Waals surface area contributed by atoms with Gasteiger partial charge < -0.3 is 24.4 Å². The first-order valence-corrected chi connectivity index (χ1v) is 16.4. The van der Waals surface area contributed by atoms with Gasteiger partial charge >= 0.3 is 5.97 Å². The lowest BCUT2D eigenvalue weighted by Crippen LogP contribution is -2.54. The number of hydrogen-bond donors (Lipinski definition) is 2. The molecule has 0 bridgehead atoms. The fourth-order valence-electron chi connectivity index (χ4n) is 8.76. The van der Waals surface area contributed by atoms with Crippen LogP contribution in [0.25, 0.3) is 0 Å². The van der Waals surface area contributed by atoms with E-state index in [1.165, 1.54) is 0 Å². The lowest BCUT2D eigenvalue weighted by molar-refractivity contribution is -0.154. The number of aliphatic hydroxyl groups is 2. The summed E-state index contributed by atoms with van der Waals surface area (Å²) in [6.45, 7) is 16.5. The third-order valence-electron chi connectivity index (χ3n) is 11.1. The predicted molar refractivity (Wildman–Crippen MR) is 157 cm³/mol. The van der Waals surface area contributed by atoms with Crippen molar-refractivity contribution in [3.05, 3.63) is 0 Å². The summed E-state index contributed by atoms with van der Waals surface area (Å²) in [5.74, 6) is 0.707. The molecule has 2 N–H and O–H groups in total. The molecule has 3 saturated heterocycles. The molecule has 0 radical (unpaired) electrons. The number of ketones is 1. The van der Waals surface area contributed by atoms with Crippen molar-refractivity contribution in [1.29, 1.82) is 0 Å². The maximum atomic E-state index is 14.0. The van der Waals surface area contributed by atoms with E-state index in [-0.39, 0.29) is 54.9 Å². The topological polar surface area (TPSA) is 115 Å². The molecule has 0 aromatic carbocycles. The van der Waals surface area contributed by atoms with Crippen molar-refractivity contribution < 1.29 is 34.0 Å². The van der Waals surface area contributed by atoms with E-state index in [4.69, 9.17) is 24.4 Å². The van der Waals surface area contributed by atoms with Crippen LogP contribution in [-0.2, 0) is 23.8 Å². The zero-order chi connectivity index (χ0) is 29.7. The van der Waals surface area contributed by atoms with Crippen LogP contribution in [-0.4, -0.2) is 165 Å². The summed E-state index contributed by atoms with van der Waals surface area (Å²) in [4.78, 5) is 37.1. The van der Waals surface area contributed by atoms with Crippen molar-refractivity contribution in [2.75, 3.05) is 112 Å². The average Bonchev–Trinajstić information content (AvgIpc) is 3.42. The molecule has 11 heteroatoms. The Morgan fingerprint density at radius 2 is 1.40 bits per heavy atom. The van der Waals surface area contributed by atoms with Crippen LogP contribution in [0.4, 0.5) is 0 Å². The molecule has 2 aliphatic carbocycles. The molecule has 7 atom stereocenters. The first kappa shape index (κ1) is 32.2. The van der Waals surface area contributed by atoms with Crippen LogP contribution in [0, 0.1) is 29.1 Å². The third kappa shape index (κ3) is 6.88. The van der Waals surface area contributed by atoms with Gasteiger partial charge in [0.15, 0.2) is 0 Å². The maximum absolute atomic E-state index is 14.0. The van der Waals surface area contributed by atoms with Crippen molar-refractivity contribution in [1.82, 2.24) is 19.6 Å². The quantitative estimate of drug-likeness (QED) is 0.218. The van der Waals surface area contributed by atoms with Gasteiger partial charge in [-0.1, -0.05) is 6.92 Å². The third-order valence-corrected chi connectivity index (χ3v) is 11.1. The molecule has 240 valence electrons. The Labute approximate surface area is 251 Å². The highest BCUT2D eigenvalue weighted by Gasteiger charge is 2.66. The molecule has 2 saturated carbocycles. The first-order valence-electron chi connectivity index (χ1n) is 16.4. The number of rotatable bonds is 13. The van der Waals surface area contributed by atoms with Crippen LogP contribution in [0.3, 0.4) is 0 Å². The molecule has 5 rings (SSSR count). The summed E-state index contributed by atoms with van der Waals surface area (Å²) in [6.07, 6.45) is 2.21. The fourth-order valence-corrected chi connectivity index (χ4v) is 8.76. The lowest BCUT2D eigenvalue weighted by atomic mass is 9.67. The Morgan fingerprint density at radius 1 is 0.833 bits per heavy atom. The maximum Gasteiger partial charge on any atom is 0.310 e. The van der Waals surface area contributed by atoms with Crippen LogP contribution in [0.2, 0.25) is 0 Å². The van der Waals surface area contributed by atoms with E-state index in [0.717, 1.165) is 78.3 Å². The Balaban J connectivity index is 1.19. The molecule has 2 unspecified atom stereocenters. The molecule has 0 aromatic rings. The minimum Gasteiger partial charge on any atom is -0.461 e. The molecule has 3 heterocycles. The van der Waals surface area contributed by atoms with Crippen LogP contribution >= 0.6 is 0 Å². The first-order chi connectivity index (χ1) is 20.4. The van der Waals surface area contributed by atoms with Gasteiger partial charge in [0.1, 0.15) is 11.9 Å². The van der Waals surface area contributed by atoms with Crippen LogP contribution in [0.15, 0.2) is 0 Å². The minimum absolute atomic E-state index is 0.0543. The van der Waals surface area contributed by atoms with Gasteiger partial charge in [-0.25, -0.2) is 0 Å². The molecule has 42 heavy (non-hydrogen) atoms. The van der Waals surface area contributed by atoms with Crippen molar-refractivity contribution in [2.45, 2.75) is 45.3 Å². The number of carbonyl (C=O) groups is 2. The second-order valence-electron chi connectivity index (χ2n) is 13.4. The molecule has 5 aliphatic rings. The Bertz CT molecular complexity index is 895. The van der Waals surface area contributed by atoms with Gasteiger partial charge in [-0.2, -0.15) is 0 Å². The number of aliphatic hydroxyl groups excluding tert-OH is 2. The molecule has 0 amide bonds. The van der Waals surface area contributed by atoms with Crippen molar-refractivity contribution in [3.63, 3.8) is 0 Å². The smallest absolute Gasteiger partial charge is 0.310 e. The summed E-state index contributed by atoms with van der Waals surface area (Å²) in [7, 11) is 0. The highest BCUT2D eigenvalue weighted by molar-refractivity contribution is 5.90. The molecule has 11 nitrogen and oxygen atoms in total. The summed E-state index contributed by atoms with van der Waals surface area (Å²) >= 11 is 0. The second kappa shape index (κ2) is 14.7. The fraction of sp³-hybridized carbons (Fsp3) is 0.935. The average molecular weight is 595 g/mol. The predicted octanol–water partition coefficient (Wildman–Crippen LogP) is -0.209. The van der Waals surface area contributed by atoms with E-state index >= 15 is 0 Å². The number of carbonyl (C=O) groups excluding carboxylic acids is 2. The SMILES string of the molecule is C[C@H]1CC[C@H]2C(CN3CCN(CCOCCO)CC3)C(=O)O[C@H]2[C@]2(C)C(=O)CC(N3CCN(CCOCCO)CC3)[C@@H]12. The number of hydrogen-bond acceptors (Lipinski definition) is 11. The molecular formula is C31H54N4O7. The molecule has 5 fully saturated rings. The zero-order valence-corrected chi connectivity index (χ0v) is 25.8. The second-order valence-corrected chi connectivity index (χ2v) is 13.4. The summed E-state index contributed by atoms with van der Waals surface area (Å²) in [5, 5.41) is 17.8. The largest absolute Gasteiger partial charge is 0.461 e. The number of fused-ring (bicyclic) bond motifs is 3. The number of nitrogens with zero attached hydrogens (tertiary/aromatic N) is 4. The van der Waals surface area contributed by atoms with E-state index in [9.17, 15) is 9.59 Å². The molecular weight excluding hydrogens is 540 g/mol. The van der Waals surface area contributed by atoms with Gasteiger partial charge in [-0.05, 0) is 31.6 Å². The lowest BCUT2D eigenvalue weighted by Gasteiger charge is -2.44. The highest BCUT2D eigenvalue weighted by atomic mass is 16.6. The Hall–Kier alpha value is -1.18. The van der Waals surface area contributed by atoms with Gasteiger partial charge in [0.2, 0.25) is 0 Å². The molecule has 0 spiro atoms. The van der Waals surface area contributed by atoms with E-state index in [1.54, 1.807) is 0 Å². The van der Waals surface area contributed by atoms with Gasteiger partial charge in [0.05, 0.1) is 51.0 Å². The normalized spacial score (nSPS) is 37.0. The summed E-state index contributed by atoms with van der Waals surface area (Å²) < 4.78 is 17.1. The van der Waals surface area contributed by atoms with E-state index in [0.29, 0.717) is 45.3 Å². The summed E-state index contributed by atoms with van der Waals surface area (Å²) in [6, 6.07) is 0.205. The van der Waals surface area contributed by atoms with E-state index in [2.05, 4.69) is 33.4 Å². The highest BCUT2D eigenvalue weighted by Crippen LogP contribution is 2.57. The van der Waals surface area contributed by atoms with E-state index < -0.39 is 5.41 Å². The van der Waals surface area contributed by atoms with Gasteiger partial charge in [0, 0.05) is 90.4 Å². The monoisotopic (exact) mass is 594 g/mol. The van der Waals surface area contributed by atoms with Crippen LogP contribution in [0.1, 0.15) is 33.1 Å². The number of ether oxygens (including phenoxy) is 3. The van der Waals surface area contributed by atoms with Gasteiger partial charge in [-0.3, -0.25) is 29.2 Å². The molecule has 3 aliphatic heterocycles. The van der Waals surface area contributed by atoms with Gasteiger partial charge in [0.25, 0.3) is 0 Å². The zero-order valence-electron chi connectivity index (χ0n) is 25.8.